The molecule has 1 aliphatic carbocycles. The van der Waals surface area contributed by atoms with Crippen LogP contribution < -0.4 is 5.32 Å². The predicted octanol–water partition coefficient (Wildman–Crippen LogP) is 2.35. The molecule has 1 N–H and O–H groups in total. The van der Waals surface area contributed by atoms with E-state index in [0.717, 1.165) is 11.4 Å². The second kappa shape index (κ2) is 9.93. The second-order valence-corrected chi connectivity index (χ2v) is 10.4. The SMILES string of the molecule is Cc1ncn(-c2ccc(Nc3nccc(C4C#CC=C(S(C)(=O)=O)C(N5CCOCC5)=C4)n3)cc2)n1. The lowest BCUT2D eigenvalue weighted by molar-refractivity contribution is 0.0550. The van der Waals surface area contributed by atoms with Crippen molar-refractivity contribution in [3.8, 4) is 17.5 Å². The molecule has 11 heteroatoms. The van der Waals surface area contributed by atoms with Gasteiger partial charge in [-0.15, -0.1) is 0 Å². The number of anilines is 2. The molecule has 3 aromatic rings. The van der Waals surface area contributed by atoms with Crippen LogP contribution in [0.15, 0.2) is 65.6 Å². The average Bonchev–Trinajstić information content (AvgIpc) is 3.17. The Balaban J connectivity index is 1.40. The number of ether oxygens (including phenoxy) is 1. The minimum absolute atomic E-state index is 0.217. The summed E-state index contributed by atoms with van der Waals surface area (Å²) in [6.45, 7) is 4.12. The van der Waals surface area contributed by atoms with Crippen molar-refractivity contribution in [2.24, 2.45) is 0 Å². The first kappa shape index (κ1) is 23.7. The topological polar surface area (TPSA) is 115 Å². The maximum Gasteiger partial charge on any atom is 0.227 e. The molecule has 0 amide bonds. The average molecular weight is 504 g/mol. The zero-order valence-electron chi connectivity index (χ0n) is 19.9. The van der Waals surface area contributed by atoms with Crippen LogP contribution in [0.2, 0.25) is 0 Å². The van der Waals surface area contributed by atoms with Gasteiger partial charge in [0, 0.05) is 37.3 Å². The summed E-state index contributed by atoms with van der Waals surface area (Å²) in [4.78, 5) is 15.4. The summed E-state index contributed by atoms with van der Waals surface area (Å²) in [5.74, 6) is 6.76. The number of nitrogens with zero attached hydrogens (tertiary/aromatic N) is 6. The molecule has 0 radical (unpaired) electrons. The van der Waals surface area contributed by atoms with Crippen LogP contribution in [0.4, 0.5) is 11.6 Å². The predicted molar refractivity (Wildman–Crippen MR) is 135 cm³/mol. The van der Waals surface area contributed by atoms with E-state index in [1.807, 2.05) is 42.2 Å². The van der Waals surface area contributed by atoms with Crippen molar-refractivity contribution in [1.29, 1.82) is 0 Å². The molecule has 1 aliphatic heterocycles. The molecule has 5 rings (SSSR count). The fourth-order valence-electron chi connectivity index (χ4n) is 3.98. The zero-order valence-corrected chi connectivity index (χ0v) is 20.7. The van der Waals surface area contributed by atoms with Crippen molar-refractivity contribution in [1.82, 2.24) is 29.6 Å². The van der Waals surface area contributed by atoms with Crippen molar-refractivity contribution in [3.63, 3.8) is 0 Å². The molecule has 184 valence electrons. The molecule has 36 heavy (non-hydrogen) atoms. The lowest BCUT2D eigenvalue weighted by Gasteiger charge is -2.32. The first-order chi connectivity index (χ1) is 17.4. The van der Waals surface area contributed by atoms with E-state index < -0.39 is 15.8 Å². The third-order valence-electron chi connectivity index (χ3n) is 5.76. The van der Waals surface area contributed by atoms with Gasteiger partial charge in [0.2, 0.25) is 5.95 Å². The van der Waals surface area contributed by atoms with Gasteiger partial charge in [0.05, 0.1) is 41.1 Å². The van der Waals surface area contributed by atoms with Crippen LogP contribution >= 0.6 is 0 Å². The molecule has 1 atom stereocenters. The highest BCUT2D eigenvalue weighted by molar-refractivity contribution is 7.94. The highest BCUT2D eigenvalue weighted by Gasteiger charge is 2.26. The summed E-state index contributed by atoms with van der Waals surface area (Å²) >= 11 is 0. The number of benzene rings is 1. The normalized spacial score (nSPS) is 17.9. The van der Waals surface area contributed by atoms with Crippen LogP contribution in [-0.2, 0) is 14.6 Å². The maximum atomic E-state index is 12.5. The van der Waals surface area contributed by atoms with Gasteiger partial charge in [-0.1, -0.05) is 11.8 Å². The molecule has 1 unspecified atom stereocenters. The van der Waals surface area contributed by atoms with Gasteiger partial charge in [0.25, 0.3) is 0 Å². The second-order valence-electron chi connectivity index (χ2n) is 8.41. The Morgan fingerprint density at radius 2 is 1.89 bits per heavy atom. The van der Waals surface area contributed by atoms with E-state index in [9.17, 15) is 8.42 Å². The molecular formula is C25H25N7O3S. The number of hydrogen-bond donors (Lipinski definition) is 1. The van der Waals surface area contributed by atoms with E-state index in [-0.39, 0.29) is 4.91 Å². The van der Waals surface area contributed by atoms with Crippen LogP contribution in [0.25, 0.3) is 5.69 Å². The van der Waals surface area contributed by atoms with E-state index in [1.165, 1.54) is 12.3 Å². The molecule has 3 heterocycles. The lowest BCUT2D eigenvalue weighted by Crippen LogP contribution is -2.37. The molecular weight excluding hydrogens is 478 g/mol. The summed E-state index contributed by atoms with van der Waals surface area (Å²) in [7, 11) is -3.47. The minimum Gasteiger partial charge on any atom is -0.378 e. The van der Waals surface area contributed by atoms with Gasteiger partial charge in [-0.25, -0.2) is 28.1 Å². The van der Waals surface area contributed by atoms with Crippen molar-refractivity contribution >= 4 is 21.5 Å². The molecule has 0 bridgehead atoms. The number of rotatable bonds is 6. The molecule has 0 spiro atoms. The Morgan fingerprint density at radius 1 is 1.11 bits per heavy atom. The number of hydrogen-bond acceptors (Lipinski definition) is 9. The van der Waals surface area contributed by atoms with Gasteiger partial charge in [0.1, 0.15) is 12.2 Å². The Bertz CT molecular complexity index is 1490. The van der Waals surface area contributed by atoms with E-state index in [1.54, 1.807) is 23.3 Å². The molecule has 10 nitrogen and oxygen atoms in total. The first-order valence-corrected chi connectivity index (χ1v) is 13.3. The van der Waals surface area contributed by atoms with E-state index in [2.05, 4.69) is 37.2 Å². The van der Waals surface area contributed by atoms with Crippen molar-refractivity contribution in [2.45, 2.75) is 12.8 Å². The van der Waals surface area contributed by atoms with Gasteiger partial charge in [-0.2, -0.15) is 5.10 Å². The molecule has 1 aromatic carbocycles. The third-order valence-corrected chi connectivity index (χ3v) is 6.89. The summed E-state index contributed by atoms with van der Waals surface area (Å²) < 4.78 is 32.2. The largest absolute Gasteiger partial charge is 0.378 e. The molecule has 1 fully saturated rings. The summed E-state index contributed by atoms with van der Waals surface area (Å²) in [5, 5.41) is 7.53. The zero-order chi connectivity index (χ0) is 25.1. The fraction of sp³-hybridized carbons (Fsp3) is 0.280. The van der Waals surface area contributed by atoms with Crippen LogP contribution in [0.3, 0.4) is 0 Å². The summed E-state index contributed by atoms with van der Waals surface area (Å²) in [6, 6.07) is 9.46. The maximum absolute atomic E-state index is 12.5. The number of allylic oxidation sites excluding steroid dienone is 2. The van der Waals surface area contributed by atoms with Crippen molar-refractivity contribution < 1.29 is 13.2 Å². The molecule has 2 aliphatic rings. The quantitative estimate of drug-likeness (QED) is 0.506. The monoisotopic (exact) mass is 503 g/mol. The fourth-order valence-corrected chi connectivity index (χ4v) is 4.83. The number of aryl methyl sites for hydroxylation is 1. The van der Waals surface area contributed by atoms with Crippen molar-refractivity contribution in [2.75, 3.05) is 37.9 Å². The van der Waals surface area contributed by atoms with Gasteiger partial charge >= 0.3 is 0 Å². The smallest absolute Gasteiger partial charge is 0.227 e. The standard InChI is InChI=1S/C25H25N7O3S/c1-18-27-17-32(30-18)21-8-6-20(7-9-21)28-25-26-11-10-22(29-25)19-4-3-5-24(36(2,33)34)23(16-19)31-12-14-35-15-13-31/h5-11,16-17,19H,12-15H2,1-2H3,(H,26,28,29). The Kier molecular flexibility index (Phi) is 6.54. The van der Waals surface area contributed by atoms with Gasteiger partial charge in [-0.3, -0.25) is 0 Å². The van der Waals surface area contributed by atoms with E-state index >= 15 is 0 Å². The van der Waals surface area contributed by atoms with Crippen molar-refractivity contribution in [3.05, 3.63) is 77.1 Å². The third kappa shape index (κ3) is 5.30. The number of nitrogens with one attached hydrogen (secondary N) is 1. The molecule has 2 aromatic heterocycles. The van der Waals surface area contributed by atoms with Gasteiger partial charge in [0.15, 0.2) is 9.84 Å². The summed E-state index contributed by atoms with van der Waals surface area (Å²) in [6.07, 6.45) is 7.89. The van der Waals surface area contributed by atoms with Gasteiger partial charge in [-0.05, 0) is 43.3 Å². The first-order valence-electron chi connectivity index (χ1n) is 11.4. The Hall–Kier alpha value is -4.01. The molecule has 0 saturated carbocycles. The lowest BCUT2D eigenvalue weighted by atomic mass is 10.0. The van der Waals surface area contributed by atoms with Crippen LogP contribution in [0, 0.1) is 18.8 Å². The highest BCUT2D eigenvalue weighted by Crippen LogP contribution is 2.28. The highest BCUT2D eigenvalue weighted by atomic mass is 32.2. The van der Waals surface area contributed by atoms with E-state index in [4.69, 9.17) is 4.74 Å². The van der Waals surface area contributed by atoms with Gasteiger partial charge < -0.3 is 15.0 Å². The van der Waals surface area contributed by atoms with Crippen LogP contribution in [0.1, 0.15) is 17.4 Å². The van der Waals surface area contributed by atoms with Crippen LogP contribution in [-0.4, -0.2) is 70.6 Å². The number of aromatic nitrogens is 5. The van der Waals surface area contributed by atoms with E-state index in [0.29, 0.717) is 49.5 Å². The Morgan fingerprint density at radius 3 is 2.58 bits per heavy atom. The number of sulfone groups is 1. The Labute approximate surface area is 209 Å². The summed E-state index contributed by atoms with van der Waals surface area (Å²) in [5.41, 5.74) is 2.99. The molecule has 1 saturated heterocycles. The minimum atomic E-state index is -3.47. The number of morpholine rings is 1. The van der Waals surface area contributed by atoms with Crippen LogP contribution in [0.5, 0.6) is 0 Å².